The second kappa shape index (κ2) is 6.10. The van der Waals surface area contributed by atoms with Crippen molar-refractivity contribution in [2.24, 2.45) is 5.92 Å². The summed E-state index contributed by atoms with van der Waals surface area (Å²) in [7, 11) is 1.75. The maximum atomic E-state index is 14.1. The lowest BCUT2D eigenvalue weighted by Crippen LogP contribution is -2.25. The van der Waals surface area contributed by atoms with E-state index in [0.29, 0.717) is 18.5 Å². The highest BCUT2D eigenvalue weighted by Gasteiger charge is 2.26. The average molecular weight is 278 g/mol. The van der Waals surface area contributed by atoms with Crippen molar-refractivity contribution < 1.29 is 9.13 Å². The summed E-state index contributed by atoms with van der Waals surface area (Å²) in [6.45, 7) is 3.39. The Morgan fingerprint density at radius 1 is 1.35 bits per heavy atom. The number of nitrogens with one attached hydrogen (secondary N) is 1. The molecule has 0 amide bonds. The van der Waals surface area contributed by atoms with E-state index >= 15 is 0 Å². The number of nitrogens with zero attached hydrogens (tertiary/aromatic N) is 1. The van der Waals surface area contributed by atoms with Crippen molar-refractivity contribution in [2.75, 3.05) is 31.7 Å². The lowest BCUT2D eigenvalue weighted by molar-refractivity contribution is 0.161. The zero-order valence-corrected chi connectivity index (χ0v) is 12.1. The summed E-state index contributed by atoms with van der Waals surface area (Å²) in [6.07, 6.45) is 3.58. The molecule has 1 aromatic carbocycles. The fourth-order valence-electron chi connectivity index (χ4n) is 2.98. The number of rotatable bonds is 6. The molecule has 0 aromatic heterocycles. The highest BCUT2D eigenvalue weighted by molar-refractivity contribution is 5.55. The van der Waals surface area contributed by atoms with E-state index < -0.39 is 0 Å². The van der Waals surface area contributed by atoms with Crippen LogP contribution in [0.5, 0.6) is 0 Å². The van der Waals surface area contributed by atoms with Crippen LogP contribution in [0, 0.1) is 11.7 Å². The van der Waals surface area contributed by atoms with E-state index in [4.69, 9.17) is 4.74 Å². The van der Waals surface area contributed by atoms with Crippen LogP contribution < -0.4 is 10.2 Å². The molecule has 1 aromatic rings. The van der Waals surface area contributed by atoms with Crippen LogP contribution in [0.2, 0.25) is 0 Å². The summed E-state index contributed by atoms with van der Waals surface area (Å²) < 4.78 is 19.4. The predicted octanol–water partition coefficient (Wildman–Crippen LogP) is 2.55. The summed E-state index contributed by atoms with van der Waals surface area (Å²) in [5.41, 5.74) is 1.87. The molecule has 2 fully saturated rings. The van der Waals surface area contributed by atoms with Crippen molar-refractivity contribution in [3.05, 3.63) is 29.6 Å². The van der Waals surface area contributed by atoms with Gasteiger partial charge in [-0.3, -0.25) is 0 Å². The van der Waals surface area contributed by atoms with E-state index in [1.54, 1.807) is 13.2 Å². The first-order chi connectivity index (χ1) is 9.78. The van der Waals surface area contributed by atoms with Crippen LogP contribution in [0.25, 0.3) is 0 Å². The minimum atomic E-state index is -0.0918. The fraction of sp³-hybridized carbons (Fsp3) is 0.625. The van der Waals surface area contributed by atoms with Gasteiger partial charge < -0.3 is 15.0 Å². The highest BCUT2D eigenvalue weighted by atomic mass is 19.1. The third kappa shape index (κ3) is 3.13. The average Bonchev–Trinajstić information content (AvgIpc) is 3.16. The first-order valence-corrected chi connectivity index (χ1v) is 7.52. The molecule has 110 valence electrons. The topological polar surface area (TPSA) is 24.5 Å². The van der Waals surface area contributed by atoms with Crippen molar-refractivity contribution in [1.29, 1.82) is 0 Å². The van der Waals surface area contributed by atoms with Crippen LogP contribution in [0.1, 0.15) is 24.8 Å². The number of ether oxygens (including phenoxy) is 1. The molecule has 1 heterocycles. The molecule has 4 heteroatoms. The minimum Gasteiger partial charge on any atom is -0.384 e. The zero-order valence-electron chi connectivity index (χ0n) is 12.1. The van der Waals surface area contributed by atoms with Gasteiger partial charge in [0, 0.05) is 50.0 Å². The van der Waals surface area contributed by atoms with Crippen LogP contribution in [0.15, 0.2) is 18.2 Å². The van der Waals surface area contributed by atoms with Gasteiger partial charge in [-0.2, -0.15) is 0 Å². The Balaban J connectivity index is 1.72. The summed E-state index contributed by atoms with van der Waals surface area (Å²) in [5.74, 6) is 0.471. The molecular formula is C16H23FN2O. The second-order valence-electron chi connectivity index (χ2n) is 5.95. The molecule has 0 bridgehead atoms. The van der Waals surface area contributed by atoms with Gasteiger partial charge in [-0.15, -0.1) is 0 Å². The lowest BCUT2D eigenvalue weighted by atomic mass is 10.1. The summed E-state index contributed by atoms with van der Waals surface area (Å²) >= 11 is 0. The fourth-order valence-corrected chi connectivity index (χ4v) is 2.98. The summed E-state index contributed by atoms with van der Waals surface area (Å²) in [4.78, 5) is 2.30. The lowest BCUT2D eigenvalue weighted by Gasteiger charge is -2.23. The second-order valence-corrected chi connectivity index (χ2v) is 5.95. The van der Waals surface area contributed by atoms with Crippen molar-refractivity contribution in [3.8, 4) is 0 Å². The molecule has 1 saturated carbocycles. The Hall–Kier alpha value is -1.13. The van der Waals surface area contributed by atoms with Gasteiger partial charge in [0.25, 0.3) is 0 Å². The third-order valence-corrected chi connectivity index (χ3v) is 4.27. The maximum Gasteiger partial charge on any atom is 0.129 e. The molecule has 20 heavy (non-hydrogen) atoms. The van der Waals surface area contributed by atoms with Crippen molar-refractivity contribution in [2.45, 2.75) is 31.8 Å². The Morgan fingerprint density at radius 2 is 2.20 bits per heavy atom. The van der Waals surface area contributed by atoms with Crippen LogP contribution >= 0.6 is 0 Å². The quantitative estimate of drug-likeness (QED) is 0.865. The number of halogens is 1. The largest absolute Gasteiger partial charge is 0.384 e. The number of benzene rings is 1. The van der Waals surface area contributed by atoms with Crippen molar-refractivity contribution in [3.63, 3.8) is 0 Å². The molecule has 1 saturated heterocycles. The van der Waals surface area contributed by atoms with Gasteiger partial charge in [0.15, 0.2) is 0 Å². The molecule has 0 radical (unpaired) electrons. The number of hydrogen-bond acceptors (Lipinski definition) is 3. The molecular weight excluding hydrogens is 255 g/mol. The van der Waals surface area contributed by atoms with Gasteiger partial charge in [0.1, 0.15) is 5.82 Å². The molecule has 1 unspecified atom stereocenters. The molecule has 3 rings (SSSR count). The van der Waals surface area contributed by atoms with E-state index in [9.17, 15) is 4.39 Å². The highest BCUT2D eigenvalue weighted by Crippen LogP contribution is 2.29. The summed E-state index contributed by atoms with van der Waals surface area (Å²) in [6, 6.07) is 6.02. The smallest absolute Gasteiger partial charge is 0.129 e. The van der Waals surface area contributed by atoms with Gasteiger partial charge >= 0.3 is 0 Å². The molecule has 1 aliphatic heterocycles. The van der Waals surface area contributed by atoms with Gasteiger partial charge in [0.2, 0.25) is 0 Å². The van der Waals surface area contributed by atoms with Gasteiger partial charge in [-0.25, -0.2) is 4.39 Å². The first-order valence-electron chi connectivity index (χ1n) is 7.52. The van der Waals surface area contributed by atoms with Crippen LogP contribution in [-0.2, 0) is 11.3 Å². The van der Waals surface area contributed by atoms with Crippen LogP contribution in [0.3, 0.4) is 0 Å². The zero-order chi connectivity index (χ0) is 13.9. The molecule has 0 spiro atoms. The van der Waals surface area contributed by atoms with Crippen LogP contribution in [0.4, 0.5) is 10.1 Å². The Bertz CT molecular complexity index is 462. The Labute approximate surface area is 120 Å². The first kappa shape index (κ1) is 13.8. The van der Waals surface area contributed by atoms with Crippen molar-refractivity contribution in [1.82, 2.24) is 5.32 Å². The standard InChI is InChI=1S/C16H23FN2O/c1-20-11-12-7-8-19(10-12)16-4-2-3-15(17)14(16)9-18-13-5-6-13/h2-4,12-13,18H,5-11H2,1H3. The van der Waals surface area contributed by atoms with E-state index in [2.05, 4.69) is 10.2 Å². The Kier molecular flexibility index (Phi) is 4.22. The van der Waals surface area contributed by atoms with E-state index in [-0.39, 0.29) is 5.82 Å². The third-order valence-electron chi connectivity index (χ3n) is 4.27. The molecule has 1 atom stereocenters. The number of methoxy groups -OCH3 is 1. The molecule has 2 aliphatic rings. The summed E-state index contributed by atoms with van der Waals surface area (Å²) in [5, 5.41) is 3.42. The normalized spacial score (nSPS) is 22.5. The SMILES string of the molecule is COCC1CCN(c2cccc(F)c2CNC2CC2)C1. The molecule has 1 N–H and O–H groups in total. The van der Waals surface area contributed by atoms with Gasteiger partial charge in [-0.1, -0.05) is 6.07 Å². The molecule has 1 aliphatic carbocycles. The van der Waals surface area contributed by atoms with Gasteiger partial charge in [0.05, 0.1) is 6.61 Å². The predicted molar refractivity (Wildman–Crippen MR) is 78.5 cm³/mol. The maximum absolute atomic E-state index is 14.1. The monoisotopic (exact) mass is 278 g/mol. The van der Waals surface area contributed by atoms with Crippen molar-refractivity contribution >= 4 is 5.69 Å². The minimum absolute atomic E-state index is 0.0918. The van der Waals surface area contributed by atoms with E-state index in [1.807, 2.05) is 12.1 Å². The number of anilines is 1. The number of hydrogen-bond donors (Lipinski definition) is 1. The van der Waals surface area contributed by atoms with Gasteiger partial charge in [-0.05, 0) is 31.4 Å². The van der Waals surface area contributed by atoms with Crippen LogP contribution in [-0.4, -0.2) is 32.8 Å². The van der Waals surface area contributed by atoms with E-state index in [0.717, 1.165) is 37.4 Å². The Morgan fingerprint density at radius 3 is 2.95 bits per heavy atom. The molecule has 3 nitrogen and oxygen atoms in total. The van der Waals surface area contributed by atoms with E-state index in [1.165, 1.54) is 12.8 Å².